The smallest absolute Gasteiger partial charge is 0.0358 e. The Hall–Kier alpha value is -0.750. The normalized spacial score (nSPS) is 35.1. The quantitative estimate of drug-likeness (QED) is 0.405. The van der Waals surface area contributed by atoms with E-state index in [2.05, 4.69) is 48.1 Å². The van der Waals surface area contributed by atoms with Crippen LogP contribution in [-0.4, -0.2) is 24.0 Å². The van der Waals surface area contributed by atoms with Gasteiger partial charge in [0.2, 0.25) is 0 Å². The van der Waals surface area contributed by atoms with Crippen molar-refractivity contribution in [3.05, 3.63) is 23.3 Å². The Bertz CT molecular complexity index is 584. The van der Waals surface area contributed by atoms with E-state index in [1.54, 1.807) is 0 Å². The van der Waals surface area contributed by atoms with E-state index in [9.17, 15) is 0 Å². The molecule has 0 aromatic rings. The van der Waals surface area contributed by atoms with E-state index in [0.29, 0.717) is 0 Å². The van der Waals surface area contributed by atoms with Crippen molar-refractivity contribution >= 4 is 19.5 Å². The fraction of sp³-hybridized carbons (Fsp3) is 0.700. The summed E-state index contributed by atoms with van der Waals surface area (Å²) in [4.78, 5) is 10.0. The second-order valence-corrected chi connectivity index (χ2v) is 8.28. The first-order valence-electron chi connectivity index (χ1n) is 9.04. The van der Waals surface area contributed by atoms with Crippen LogP contribution in [0.15, 0.2) is 33.3 Å². The maximum atomic E-state index is 5.02. The molecule has 1 aliphatic heterocycles. The molecule has 2 rings (SSSR count). The molecule has 23 heavy (non-hydrogen) atoms. The van der Waals surface area contributed by atoms with Crippen molar-refractivity contribution in [3.8, 4) is 0 Å². The van der Waals surface area contributed by atoms with E-state index in [1.807, 2.05) is 0 Å². The van der Waals surface area contributed by atoms with Gasteiger partial charge in [0.05, 0.1) is 0 Å². The number of hydrogen-bond acceptors (Lipinski definition) is 2. The molecular formula is C20H32N2P-. The molecule has 1 saturated heterocycles. The summed E-state index contributed by atoms with van der Waals surface area (Å²) < 4.78 is 0. The third-order valence-corrected chi connectivity index (χ3v) is 7.62. The van der Waals surface area contributed by atoms with Crippen molar-refractivity contribution in [2.45, 2.75) is 67.2 Å². The van der Waals surface area contributed by atoms with Gasteiger partial charge in [-0.05, 0) is 37.8 Å². The van der Waals surface area contributed by atoms with Crippen molar-refractivity contribution in [1.29, 1.82) is 0 Å². The van der Waals surface area contributed by atoms with Crippen molar-refractivity contribution in [2.75, 3.05) is 13.1 Å². The third kappa shape index (κ3) is 2.68. The van der Waals surface area contributed by atoms with Gasteiger partial charge in [0.25, 0.3) is 0 Å². The lowest BCUT2D eigenvalue weighted by Gasteiger charge is -2.41. The maximum Gasteiger partial charge on any atom is 0.0358 e. The Kier molecular flexibility index (Phi) is 5.67. The number of nitrogens with zero attached hydrogens (tertiary/aromatic N) is 2. The van der Waals surface area contributed by atoms with Crippen molar-refractivity contribution in [2.24, 2.45) is 20.8 Å². The lowest BCUT2D eigenvalue weighted by molar-refractivity contribution is 0.375. The van der Waals surface area contributed by atoms with E-state index < -0.39 is 0 Å². The first kappa shape index (κ1) is 18.6. The van der Waals surface area contributed by atoms with Crippen LogP contribution in [-0.2, 0) is 0 Å². The zero-order chi connectivity index (χ0) is 17.3. The summed E-state index contributed by atoms with van der Waals surface area (Å²) in [6, 6.07) is 0. The number of aliphatic imine (C=N–C) groups is 2. The number of unbranched alkanes of at least 4 members (excludes halogenated alkanes) is 2. The number of hydrogen-bond donors (Lipinski definition) is 0. The molecule has 0 N–H and O–H groups in total. The van der Waals surface area contributed by atoms with Gasteiger partial charge < -0.3 is 18.6 Å². The number of allylic oxidation sites excluding steroid dienone is 3. The van der Waals surface area contributed by atoms with Crippen molar-refractivity contribution in [1.82, 2.24) is 0 Å². The Labute approximate surface area is 144 Å². The third-order valence-electron chi connectivity index (χ3n) is 6.02. The minimum absolute atomic E-state index is 0.0332. The predicted octanol–water partition coefficient (Wildman–Crippen LogP) is 6.26. The van der Waals surface area contributed by atoms with Crippen LogP contribution in [0.5, 0.6) is 0 Å². The summed E-state index contributed by atoms with van der Waals surface area (Å²) >= 11 is 0. The molecule has 1 fully saturated rings. The maximum absolute atomic E-state index is 5.02. The lowest BCUT2D eigenvalue weighted by Crippen LogP contribution is -2.38. The molecule has 0 radical (unpaired) electrons. The second kappa shape index (κ2) is 7.01. The van der Waals surface area contributed by atoms with Gasteiger partial charge in [0.15, 0.2) is 0 Å². The van der Waals surface area contributed by atoms with Crippen molar-refractivity contribution < 1.29 is 0 Å². The molecule has 0 spiro atoms. The monoisotopic (exact) mass is 331 g/mol. The van der Waals surface area contributed by atoms with Gasteiger partial charge in [0.1, 0.15) is 0 Å². The van der Waals surface area contributed by atoms with Crippen LogP contribution < -0.4 is 0 Å². The Morgan fingerprint density at radius 3 is 1.87 bits per heavy atom. The molecule has 2 aliphatic rings. The first-order valence-corrected chi connectivity index (χ1v) is 9.94. The fourth-order valence-corrected chi connectivity index (χ4v) is 5.54. The zero-order valence-electron chi connectivity index (χ0n) is 15.8. The summed E-state index contributed by atoms with van der Waals surface area (Å²) in [7, 11) is 1.23. The highest BCUT2D eigenvalue weighted by atomic mass is 31.1. The van der Waals surface area contributed by atoms with Gasteiger partial charge in [-0.1, -0.05) is 52.7 Å². The van der Waals surface area contributed by atoms with E-state index >= 15 is 0 Å². The highest BCUT2D eigenvalue weighted by Crippen LogP contribution is 2.68. The molecule has 2 unspecified atom stereocenters. The predicted molar refractivity (Wildman–Crippen MR) is 105 cm³/mol. The van der Waals surface area contributed by atoms with Crippen LogP contribution >= 0.6 is 8.58 Å². The summed E-state index contributed by atoms with van der Waals surface area (Å²) in [6.07, 6.45) is 4.71. The minimum atomic E-state index is -0.0818. The number of fused-ring (bicyclic) bond motifs is 1. The molecule has 0 aromatic heterocycles. The van der Waals surface area contributed by atoms with Gasteiger partial charge in [-0.25, -0.2) is 0 Å². The van der Waals surface area contributed by atoms with Crippen LogP contribution in [0.1, 0.15) is 67.2 Å². The Morgan fingerprint density at radius 2 is 1.39 bits per heavy atom. The molecule has 1 aliphatic carbocycles. The SMILES string of the molecule is C=C1C(C)=C(C)C2(C)C(=NCCCC)[P-]C(=NCCCC)C12C. The molecule has 0 amide bonds. The highest BCUT2D eigenvalue weighted by molar-refractivity contribution is 7.76. The van der Waals surface area contributed by atoms with Crippen LogP contribution in [0.4, 0.5) is 0 Å². The fourth-order valence-electron chi connectivity index (χ4n) is 3.80. The summed E-state index contributed by atoms with van der Waals surface area (Å²) in [6.45, 7) is 20.0. The standard InChI is InChI=1S/C20H32N2P/c1-8-10-12-21-17-19(6)15(4)14(3)16(5)20(19,7)18(23-17)22-13-11-9-2/h4,8-13H2,1-3,5-7H3/q-1. The molecule has 1 heterocycles. The van der Waals surface area contributed by atoms with Gasteiger partial charge in [0, 0.05) is 23.9 Å². The second-order valence-electron chi connectivity index (χ2n) is 7.21. The average Bonchev–Trinajstić information content (AvgIpc) is 2.83. The largest absolute Gasteiger partial charge is 0.439 e. The molecule has 0 saturated carbocycles. The molecule has 3 heteroatoms. The van der Waals surface area contributed by atoms with Gasteiger partial charge >= 0.3 is 0 Å². The van der Waals surface area contributed by atoms with Crippen LogP contribution in [0.2, 0.25) is 0 Å². The average molecular weight is 331 g/mol. The molecule has 128 valence electrons. The van der Waals surface area contributed by atoms with E-state index in [4.69, 9.17) is 9.98 Å². The molecule has 2 atom stereocenters. The van der Waals surface area contributed by atoms with Crippen LogP contribution in [0.3, 0.4) is 0 Å². The molecule has 0 aromatic carbocycles. The molecular weight excluding hydrogens is 299 g/mol. The Morgan fingerprint density at radius 1 is 0.913 bits per heavy atom. The number of rotatable bonds is 6. The first-order chi connectivity index (χ1) is 10.9. The molecule has 2 nitrogen and oxygen atoms in total. The van der Waals surface area contributed by atoms with E-state index in [1.165, 1.54) is 49.0 Å². The van der Waals surface area contributed by atoms with Crippen LogP contribution in [0, 0.1) is 10.8 Å². The van der Waals surface area contributed by atoms with Gasteiger partial charge in [-0.15, -0.1) is 10.9 Å². The Balaban J connectivity index is 2.48. The zero-order valence-corrected chi connectivity index (χ0v) is 16.7. The van der Waals surface area contributed by atoms with E-state index in [-0.39, 0.29) is 10.8 Å². The van der Waals surface area contributed by atoms with Crippen molar-refractivity contribution in [3.63, 3.8) is 0 Å². The van der Waals surface area contributed by atoms with Gasteiger partial charge in [-0.3, -0.25) is 0 Å². The van der Waals surface area contributed by atoms with Crippen LogP contribution in [0.25, 0.3) is 0 Å². The summed E-state index contributed by atoms with van der Waals surface area (Å²) in [5.74, 6) is 0. The van der Waals surface area contributed by atoms with E-state index in [0.717, 1.165) is 25.9 Å². The topological polar surface area (TPSA) is 24.7 Å². The lowest BCUT2D eigenvalue weighted by atomic mass is 9.65. The highest BCUT2D eigenvalue weighted by Gasteiger charge is 2.56. The summed E-state index contributed by atoms with van der Waals surface area (Å²) in [5, 5.41) is 0. The van der Waals surface area contributed by atoms with Gasteiger partial charge in [-0.2, -0.15) is 0 Å². The minimum Gasteiger partial charge on any atom is -0.439 e. The molecule has 0 bridgehead atoms. The summed E-state index contributed by atoms with van der Waals surface area (Å²) in [5.41, 5.74) is 6.52.